The van der Waals surface area contributed by atoms with Gasteiger partial charge in [-0.25, -0.2) is 4.79 Å². The van der Waals surface area contributed by atoms with Crippen molar-refractivity contribution in [3.05, 3.63) is 21.9 Å². The van der Waals surface area contributed by atoms with Gasteiger partial charge >= 0.3 is 5.97 Å². The Labute approximate surface area is 126 Å². The van der Waals surface area contributed by atoms with Gasteiger partial charge in [0.15, 0.2) is 0 Å². The number of unbranched alkanes of at least 4 members (excludes halogenated alkanes) is 2. The summed E-state index contributed by atoms with van der Waals surface area (Å²) in [4.78, 5) is 15.2. The smallest absolute Gasteiger partial charge is 0.348 e. The Bertz CT molecular complexity index is 386. The van der Waals surface area contributed by atoms with E-state index in [0.717, 1.165) is 55.8 Å². The van der Waals surface area contributed by atoms with Gasteiger partial charge in [0.05, 0.1) is 6.61 Å². The van der Waals surface area contributed by atoms with Crippen molar-refractivity contribution in [3.63, 3.8) is 0 Å². The van der Waals surface area contributed by atoms with Crippen LogP contribution in [0.5, 0.6) is 0 Å². The first kappa shape index (κ1) is 17.2. The maximum atomic E-state index is 12.0. The van der Waals surface area contributed by atoms with Gasteiger partial charge in [-0.1, -0.05) is 33.6 Å². The van der Waals surface area contributed by atoms with Gasteiger partial charge < -0.3 is 9.64 Å². The maximum Gasteiger partial charge on any atom is 0.348 e. The lowest BCUT2D eigenvalue weighted by Gasteiger charge is -2.17. The first-order valence-electron chi connectivity index (χ1n) is 7.68. The average Bonchev–Trinajstić information content (AvgIpc) is 2.93. The monoisotopic (exact) mass is 297 g/mol. The third kappa shape index (κ3) is 5.63. The van der Waals surface area contributed by atoms with E-state index in [1.807, 2.05) is 5.38 Å². The molecule has 0 aromatic carbocycles. The van der Waals surface area contributed by atoms with Crippen LogP contribution in [-0.4, -0.2) is 37.1 Å². The summed E-state index contributed by atoms with van der Waals surface area (Å²) in [6, 6.07) is 2.05. The molecule has 0 amide bonds. The molecular formula is C16H27NO2S. The number of rotatable bonds is 10. The van der Waals surface area contributed by atoms with Gasteiger partial charge in [-0.3, -0.25) is 0 Å². The van der Waals surface area contributed by atoms with Crippen LogP contribution in [0.2, 0.25) is 0 Å². The third-order valence-electron chi connectivity index (χ3n) is 3.51. The molecule has 0 aliphatic carbocycles. The summed E-state index contributed by atoms with van der Waals surface area (Å²) in [6.07, 6.45) is 4.14. The fourth-order valence-corrected chi connectivity index (χ4v) is 2.96. The molecule has 0 unspecified atom stereocenters. The Morgan fingerprint density at radius 3 is 2.65 bits per heavy atom. The Hall–Kier alpha value is -0.870. The molecule has 3 nitrogen and oxygen atoms in total. The quantitative estimate of drug-likeness (QED) is 0.483. The lowest BCUT2D eigenvalue weighted by atomic mass is 10.2. The minimum absolute atomic E-state index is 0.148. The topological polar surface area (TPSA) is 29.5 Å². The van der Waals surface area contributed by atoms with Crippen LogP contribution >= 0.6 is 11.3 Å². The summed E-state index contributed by atoms with van der Waals surface area (Å²) in [5, 5.41) is 1.99. The summed E-state index contributed by atoms with van der Waals surface area (Å²) in [5.74, 6) is -0.148. The summed E-state index contributed by atoms with van der Waals surface area (Å²) in [5.41, 5.74) is 1.13. The van der Waals surface area contributed by atoms with E-state index in [1.54, 1.807) is 0 Å². The normalized spacial score (nSPS) is 11.0. The van der Waals surface area contributed by atoms with Crippen molar-refractivity contribution in [2.75, 3.05) is 26.2 Å². The Kier molecular flexibility index (Phi) is 8.54. The molecule has 1 rings (SSSR count). The molecular weight excluding hydrogens is 270 g/mol. The second-order valence-corrected chi connectivity index (χ2v) is 5.81. The predicted octanol–water partition coefficient (Wildman–Crippen LogP) is 3.98. The Morgan fingerprint density at radius 1 is 1.25 bits per heavy atom. The number of likely N-dealkylation sites (N-methyl/N-ethyl adjacent to an activating group) is 1. The summed E-state index contributed by atoms with van der Waals surface area (Å²) in [6.45, 7) is 10.1. The zero-order valence-corrected chi connectivity index (χ0v) is 13.8. The SMILES string of the molecule is CCCCCOC(=O)c1sccc1CCN(CC)CC. The van der Waals surface area contributed by atoms with Crippen molar-refractivity contribution >= 4 is 17.3 Å². The number of carbonyl (C=O) groups is 1. The van der Waals surface area contributed by atoms with E-state index in [0.29, 0.717) is 6.61 Å². The fourth-order valence-electron chi connectivity index (χ4n) is 2.11. The highest BCUT2D eigenvalue weighted by molar-refractivity contribution is 7.12. The molecule has 0 N–H and O–H groups in total. The van der Waals surface area contributed by atoms with Crippen molar-refractivity contribution in [1.82, 2.24) is 4.90 Å². The van der Waals surface area contributed by atoms with E-state index in [1.165, 1.54) is 11.3 Å². The van der Waals surface area contributed by atoms with Crippen LogP contribution in [0, 0.1) is 0 Å². The second-order valence-electron chi connectivity index (χ2n) is 4.89. The molecule has 4 heteroatoms. The van der Waals surface area contributed by atoms with Gasteiger partial charge in [-0.2, -0.15) is 0 Å². The van der Waals surface area contributed by atoms with Crippen molar-refractivity contribution in [2.24, 2.45) is 0 Å². The van der Waals surface area contributed by atoms with E-state index in [9.17, 15) is 4.79 Å². The minimum Gasteiger partial charge on any atom is -0.462 e. The number of nitrogens with zero attached hydrogens (tertiary/aromatic N) is 1. The van der Waals surface area contributed by atoms with Crippen LogP contribution in [0.15, 0.2) is 11.4 Å². The number of esters is 1. The molecule has 1 aromatic heterocycles. The molecule has 0 aliphatic heterocycles. The molecule has 0 fully saturated rings. The van der Waals surface area contributed by atoms with E-state index >= 15 is 0 Å². The van der Waals surface area contributed by atoms with Gasteiger partial charge in [0.25, 0.3) is 0 Å². The number of thiophene rings is 1. The average molecular weight is 297 g/mol. The zero-order valence-electron chi connectivity index (χ0n) is 13.0. The van der Waals surface area contributed by atoms with E-state index < -0.39 is 0 Å². The highest BCUT2D eigenvalue weighted by atomic mass is 32.1. The van der Waals surface area contributed by atoms with Crippen LogP contribution in [0.4, 0.5) is 0 Å². The van der Waals surface area contributed by atoms with Crippen LogP contribution < -0.4 is 0 Å². The Balaban J connectivity index is 2.46. The predicted molar refractivity (Wildman–Crippen MR) is 85.6 cm³/mol. The number of hydrogen-bond donors (Lipinski definition) is 0. The van der Waals surface area contributed by atoms with Crippen LogP contribution in [0.25, 0.3) is 0 Å². The fraction of sp³-hybridized carbons (Fsp3) is 0.688. The largest absolute Gasteiger partial charge is 0.462 e. The highest BCUT2D eigenvalue weighted by Crippen LogP contribution is 2.19. The van der Waals surface area contributed by atoms with Crippen molar-refractivity contribution in [2.45, 2.75) is 46.5 Å². The molecule has 1 heterocycles. The van der Waals surface area contributed by atoms with Crippen molar-refractivity contribution in [3.8, 4) is 0 Å². The molecule has 0 radical (unpaired) electrons. The summed E-state index contributed by atoms with van der Waals surface area (Å²) >= 11 is 1.50. The van der Waals surface area contributed by atoms with Gasteiger partial charge in [-0.15, -0.1) is 11.3 Å². The minimum atomic E-state index is -0.148. The zero-order chi connectivity index (χ0) is 14.8. The van der Waals surface area contributed by atoms with Crippen LogP contribution in [0.1, 0.15) is 55.3 Å². The molecule has 0 aliphatic rings. The third-order valence-corrected chi connectivity index (χ3v) is 4.44. The first-order valence-corrected chi connectivity index (χ1v) is 8.56. The molecule has 114 valence electrons. The van der Waals surface area contributed by atoms with Gasteiger partial charge in [0.1, 0.15) is 4.88 Å². The van der Waals surface area contributed by atoms with Gasteiger partial charge in [0.2, 0.25) is 0 Å². The molecule has 0 bridgehead atoms. The highest BCUT2D eigenvalue weighted by Gasteiger charge is 2.14. The molecule has 0 spiro atoms. The summed E-state index contributed by atoms with van der Waals surface area (Å²) in [7, 11) is 0. The standard InChI is InChI=1S/C16H27NO2S/c1-4-7-8-12-19-16(18)15-14(10-13-20-15)9-11-17(5-2)6-3/h10,13H,4-9,11-12H2,1-3H3. The van der Waals surface area contributed by atoms with E-state index in [2.05, 4.69) is 31.7 Å². The number of carbonyl (C=O) groups excluding carboxylic acids is 1. The van der Waals surface area contributed by atoms with Crippen molar-refractivity contribution in [1.29, 1.82) is 0 Å². The lowest BCUT2D eigenvalue weighted by molar-refractivity contribution is 0.0502. The second kappa shape index (κ2) is 9.94. The lowest BCUT2D eigenvalue weighted by Crippen LogP contribution is -2.25. The molecule has 0 saturated heterocycles. The van der Waals surface area contributed by atoms with E-state index in [-0.39, 0.29) is 5.97 Å². The molecule has 0 atom stereocenters. The van der Waals surface area contributed by atoms with Crippen LogP contribution in [-0.2, 0) is 11.2 Å². The molecule has 0 saturated carbocycles. The number of ether oxygens (including phenoxy) is 1. The van der Waals surface area contributed by atoms with E-state index in [4.69, 9.17) is 4.74 Å². The first-order chi connectivity index (χ1) is 9.72. The maximum absolute atomic E-state index is 12.0. The van der Waals surface area contributed by atoms with Crippen LogP contribution in [0.3, 0.4) is 0 Å². The number of hydrogen-bond acceptors (Lipinski definition) is 4. The Morgan fingerprint density at radius 2 is 2.00 bits per heavy atom. The van der Waals surface area contributed by atoms with Crippen molar-refractivity contribution < 1.29 is 9.53 Å². The molecule has 20 heavy (non-hydrogen) atoms. The van der Waals surface area contributed by atoms with Gasteiger partial charge in [0, 0.05) is 6.54 Å². The van der Waals surface area contributed by atoms with Gasteiger partial charge in [-0.05, 0) is 42.9 Å². The summed E-state index contributed by atoms with van der Waals surface area (Å²) < 4.78 is 5.35. The molecule has 1 aromatic rings.